The van der Waals surface area contributed by atoms with Crippen molar-refractivity contribution >= 4 is 17.4 Å². The minimum absolute atomic E-state index is 0.0279. The minimum Gasteiger partial charge on any atom is -0.496 e. The topological polar surface area (TPSA) is 147 Å². The van der Waals surface area contributed by atoms with E-state index in [4.69, 9.17) is 20.9 Å². The lowest BCUT2D eigenvalue weighted by molar-refractivity contribution is -0.0502. The van der Waals surface area contributed by atoms with Crippen molar-refractivity contribution in [2.45, 2.75) is 39.1 Å². The summed E-state index contributed by atoms with van der Waals surface area (Å²) < 4.78 is 42.6. The Kier molecular flexibility index (Phi) is 6.08. The summed E-state index contributed by atoms with van der Waals surface area (Å²) in [6.45, 7) is 1.67. The molecule has 3 aromatic rings. The quantitative estimate of drug-likeness (QED) is 0.472. The monoisotopic (exact) mass is 451 g/mol. The van der Waals surface area contributed by atoms with E-state index in [2.05, 4.69) is 14.8 Å². The van der Waals surface area contributed by atoms with Crippen LogP contribution in [0.1, 0.15) is 31.1 Å². The fraction of sp³-hybridized carbons (Fsp3) is 0.350. The number of hydrogen-bond donors (Lipinski definition) is 3. The first-order valence-corrected chi connectivity index (χ1v) is 9.42. The number of anilines is 1. The molecule has 12 heteroatoms. The average molecular weight is 451 g/mol. The van der Waals surface area contributed by atoms with Gasteiger partial charge in [-0.3, -0.25) is 4.79 Å². The van der Waals surface area contributed by atoms with E-state index in [1.807, 2.05) is 0 Å². The van der Waals surface area contributed by atoms with E-state index in [1.54, 1.807) is 20.8 Å². The molecule has 1 amide bonds. The highest BCUT2D eigenvalue weighted by atomic mass is 19.3. The fourth-order valence-corrected chi connectivity index (χ4v) is 2.88. The largest absolute Gasteiger partial charge is 0.496 e. The van der Waals surface area contributed by atoms with Gasteiger partial charge in [-0.25, -0.2) is 9.50 Å². The van der Waals surface area contributed by atoms with Gasteiger partial charge in [-0.15, -0.1) is 0 Å². The van der Waals surface area contributed by atoms with Crippen molar-refractivity contribution in [2.24, 2.45) is 5.73 Å². The molecule has 1 atom stereocenters. The maximum Gasteiger partial charge on any atom is 0.387 e. The first-order valence-electron chi connectivity index (χ1n) is 9.42. The van der Waals surface area contributed by atoms with Crippen LogP contribution in [0.5, 0.6) is 17.2 Å². The summed E-state index contributed by atoms with van der Waals surface area (Å²) in [6.07, 6.45) is 2.31. The van der Waals surface area contributed by atoms with Gasteiger partial charge in [0.1, 0.15) is 23.2 Å². The van der Waals surface area contributed by atoms with E-state index in [9.17, 15) is 18.7 Å². The number of benzene rings is 1. The highest BCUT2D eigenvalue weighted by Crippen LogP contribution is 2.37. The molecule has 0 bridgehead atoms. The van der Waals surface area contributed by atoms with Crippen molar-refractivity contribution in [3.63, 3.8) is 0 Å². The van der Waals surface area contributed by atoms with Gasteiger partial charge in [0.05, 0.1) is 25.1 Å². The van der Waals surface area contributed by atoms with Gasteiger partial charge in [0, 0.05) is 5.56 Å². The summed E-state index contributed by atoms with van der Waals surface area (Å²) in [5.41, 5.74) is 10.9. The van der Waals surface area contributed by atoms with E-state index in [-0.39, 0.29) is 28.5 Å². The summed E-state index contributed by atoms with van der Waals surface area (Å²) in [5.74, 6) is -1.27. The third kappa shape index (κ3) is 4.49. The molecule has 5 N–H and O–H groups in total. The number of nitrogen functional groups attached to an aromatic ring is 1. The molecule has 10 nitrogen and oxygen atoms in total. The number of methoxy groups -OCH3 is 1. The van der Waals surface area contributed by atoms with E-state index in [0.29, 0.717) is 11.1 Å². The number of alkyl halides is 2. The number of primary amides is 1. The molecule has 3 rings (SSSR count). The Labute approximate surface area is 181 Å². The van der Waals surface area contributed by atoms with Crippen molar-refractivity contribution in [3.8, 4) is 28.4 Å². The predicted molar refractivity (Wildman–Crippen MR) is 111 cm³/mol. The summed E-state index contributed by atoms with van der Waals surface area (Å²) in [7, 11) is 1.26. The van der Waals surface area contributed by atoms with Gasteiger partial charge in [0.2, 0.25) is 0 Å². The number of ether oxygens (including phenoxy) is 3. The molecule has 0 aliphatic rings. The number of carbonyl (C=O) groups is 1. The highest BCUT2D eigenvalue weighted by Gasteiger charge is 2.26. The molecule has 172 valence electrons. The Morgan fingerprint density at radius 2 is 1.88 bits per heavy atom. The number of amides is 1. The van der Waals surface area contributed by atoms with Crippen LogP contribution in [0.2, 0.25) is 0 Å². The van der Waals surface area contributed by atoms with Gasteiger partial charge in [-0.05, 0) is 38.5 Å². The second-order valence-corrected chi connectivity index (χ2v) is 7.52. The Hall–Kier alpha value is -3.67. The summed E-state index contributed by atoms with van der Waals surface area (Å²) in [5, 5.41) is 14.3. The van der Waals surface area contributed by atoms with Gasteiger partial charge in [-0.2, -0.15) is 13.9 Å². The molecule has 0 saturated carbocycles. The molecule has 0 aliphatic carbocycles. The van der Waals surface area contributed by atoms with Crippen LogP contribution in [-0.4, -0.2) is 51.0 Å². The third-order valence-electron chi connectivity index (χ3n) is 4.85. The number of carbonyl (C=O) groups excluding carboxylic acids is 1. The number of aromatic nitrogens is 3. The molecular weight excluding hydrogens is 428 g/mol. The molecular formula is C20H23F2N5O5. The molecule has 0 fully saturated rings. The summed E-state index contributed by atoms with van der Waals surface area (Å²) >= 11 is 0. The lowest BCUT2D eigenvalue weighted by Crippen LogP contribution is -2.38. The molecule has 0 radical (unpaired) electrons. The number of aliphatic hydroxyl groups is 1. The Morgan fingerprint density at radius 1 is 1.22 bits per heavy atom. The van der Waals surface area contributed by atoms with Crippen LogP contribution in [-0.2, 0) is 0 Å². The summed E-state index contributed by atoms with van der Waals surface area (Å²) in [6, 6.07) is 2.64. The molecule has 2 heterocycles. The van der Waals surface area contributed by atoms with Gasteiger partial charge >= 0.3 is 6.61 Å². The lowest BCUT2D eigenvalue weighted by Gasteiger charge is -2.26. The maximum absolute atomic E-state index is 12.9. The van der Waals surface area contributed by atoms with Crippen molar-refractivity contribution in [3.05, 3.63) is 30.1 Å². The van der Waals surface area contributed by atoms with Crippen LogP contribution < -0.4 is 25.7 Å². The van der Waals surface area contributed by atoms with Gasteiger partial charge in [-0.1, -0.05) is 0 Å². The fourth-order valence-electron chi connectivity index (χ4n) is 2.88. The molecule has 0 spiro atoms. The second kappa shape index (κ2) is 8.46. The SMILES string of the molecule is COc1cc(-c2cnn3cc(OC(C)C(C)(C)O)c(N)nc23)cc(OC(F)F)c1C(N)=O. The number of nitrogens with two attached hydrogens (primary N) is 2. The number of hydrogen-bond acceptors (Lipinski definition) is 8. The third-order valence-corrected chi connectivity index (χ3v) is 4.85. The van der Waals surface area contributed by atoms with Crippen LogP contribution in [0, 0.1) is 0 Å². The van der Waals surface area contributed by atoms with Gasteiger partial charge in [0.15, 0.2) is 17.2 Å². The van der Waals surface area contributed by atoms with E-state index >= 15 is 0 Å². The summed E-state index contributed by atoms with van der Waals surface area (Å²) in [4.78, 5) is 16.1. The van der Waals surface area contributed by atoms with E-state index in [0.717, 1.165) is 0 Å². The predicted octanol–water partition coefficient (Wildman–Crippen LogP) is 2.23. The van der Waals surface area contributed by atoms with Crippen LogP contribution in [0.3, 0.4) is 0 Å². The molecule has 32 heavy (non-hydrogen) atoms. The van der Waals surface area contributed by atoms with E-state index < -0.39 is 30.0 Å². The first kappa shape index (κ1) is 23.0. The number of fused-ring (bicyclic) bond motifs is 1. The number of halogens is 2. The zero-order valence-corrected chi connectivity index (χ0v) is 17.8. The lowest BCUT2D eigenvalue weighted by atomic mass is 10.0. The van der Waals surface area contributed by atoms with Gasteiger partial charge in [0.25, 0.3) is 5.91 Å². The Balaban J connectivity index is 2.12. The van der Waals surface area contributed by atoms with Crippen LogP contribution >= 0.6 is 0 Å². The Morgan fingerprint density at radius 3 is 2.44 bits per heavy atom. The minimum atomic E-state index is -3.19. The molecule has 1 unspecified atom stereocenters. The van der Waals surface area contributed by atoms with Crippen LogP contribution in [0.15, 0.2) is 24.5 Å². The van der Waals surface area contributed by atoms with Gasteiger partial charge < -0.3 is 30.8 Å². The number of rotatable bonds is 8. The maximum atomic E-state index is 12.9. The van der Waals surface area contributed by atoms with Crippen LogP contribution in [0.25, 0.3) is 16.8 Å². The highest BCUT2D eigenvalue weighted by molar-refractivity contribution is 6.00. The van der Waals surface area contributed by atoms with Crippen molar-refractivity contribution in [2.75, 3.05) is 12.8 Å². The Bertz CT molecular complexity index is 1160. The smallest absolute Gasteiger partial charge is 0.387 e. The standard InChI is InChI=1S/C20H23F2N5O5/c1-9(20(2,3)29)31-14-8-27-18(26-16(14)23)11(7-25-27)10-5-12(30-4)15(17(24)28)13(6-10)32-19(21)22/h5-9,19,29H,1-4H3,(H2,23,26)(H2,24,28). The molecule has 1 aromatic carbocycles. The average Bonchev–Trinajstić information content (AvgIpc) is 3.08. The zero-order chi connectivity index (χ0) is 23.8. The normalized spacial score (nSPS) is 12.8. The van der Waals surface area contributed by atoms with Crippen molar-refractivity contribution < 1.29 is 32.9 Å². The molecule has 2 aromatic heterocycles. The van der Waals surface area contributed by atoms with Crippen LogP contribution in [0.4, 0.5) is 14.6 Å². The molecule has 0 saturated heterocycles. The van der Waals surface area contributed by atoms with Crippen molar-refractivity contribution in [1.29, 1.82) is 0 Å². The molecule has 0 aliphatic heterocycles. The second-order valence-electron chi connectivity index (χ2n) is 7.52. The van der Waals surface area contributed by atoms with E-state index in [1.165, 1.54) is 36.2 Å². The first-order chi connectivity index (χ1) is 14.9. The zero-order valence-electron chi connectivity index (χ0n) is 17.8. The van der Waals surface area contributed by atoms with Crippen molar-refractivity contribution in [1.82, 2.24) is 14.6 Å². The number of nitrogens with zero attached hydrogens (tertiary/aromatic N) is 3.